The van der Waals surface area contributed by atoms with Crippen LogP contribution in [0.25, 0.3) is 0 Å². The second-order valence-electron chi connectivity index (χ2n) is 7.25. The molecule has 1 aromatic carbocycles. The zero-order valence-corrected chi connectivity index (χ0v) is 18.5. The van der Waals surface area contributed by atoms with Gasteiger partial charge in [-0.1, -0.05) is 12.1 Å². The van der Waals surface area contributed by atoms with Crippen molar-refractivity contribution in [3.63, 3.8) is 0 Å². The summed E-state index contributed by atoms with van der Waals surface area (Å²) in [5, 5.41) is 3.95. The van der Waals surface area contributed by atoms with Gasteiger partial charge in [-0.05, 0) is 60.0 Å². The van der Waals surface area contributed by atoms with Crippen LogP contribution in [-0.2, 0) is 11.3 Å². The van der Waals surface area contributed by atoms with Crippen LogP contribution in [0.5, 0.6) is 5.75 Å². The summed E-state index contributed by atoms with van der Waals surface area (Å²) in [7, 11) is 1.63. The summed E-state index contributed by atoms with van der Waals surface area (Å²) in [5.41, 5.74) is 0.867. The van der Waals surface area contributed by atoms with Gasteiger partial charge in [-0.25, -0.2) is 0 Å². The molecule has 3 heterocycles. The molecule has 1 saturated heterocycles. The van der Waals surface area contributed by atoms with Gasteiger partial charge in [-0.2, -0.15) is 0 Å². The van der Waals surface area contributed by atoms with E-state index in [4.69, 9.17) is 4.74 Å². The fraction of sp³-hybridized carbons (Fsp3) is 0.304. The number of anilines is 1. The zero-order valence-electron chi connectivity index (χ0n) is 16.8. The lowest BCUT2D eigenvalue weighted by atomic mass is 9.94. The summed E-state index contributed by atoms with van der Waals surface area (Å²) in [6.07, 6.45) is 1.38. The standard InChI is InChI=1S/C23H24N2O3S2/c1-28-19-8-6-18(7-9-19)25(16-20-4-2-14-29-20)22(26)17-10-12-24(13-11-17)23(27)21-5-3-15-30-21/h2-9,14-15,17H,10-13,16H2,1H3. The molecule has 0 atom stereocenters. The molecular formula is C23H24N2O3S2. The van der Waals surface area contributed by atoms with E-state index in [0.29, 0.717) is 32.5 Å². The predicted molar refractivity (Wildman–Crippen MR) is 121 cm³/mol. The molecular weight excluding hydrogens is 416 g/mol. The summed E-state index contributed by atoms with van der Waals surface area (Å²) in [4.78, 5) is 31.7. The van der Waals surface area contributed by atoms with Crippen LogP contribution >= 0.6 is 22.7 Å². The highest BCUT2D eigenvalue weighted by atomic mass is 32.1. The van der Waals surface area contributed by atoms with Crippen LogP contribution in [0.4, 0.5) is 5.69 Å². The summed E-state index contributed by atoms with van der Waals surface area (Å²) in [6, 6.07) is 15.4. The van der Waals surface area contributed by atoms with Gasteiger partial charge in [0.25, 0.3) is 5.91 Å². The number of amides is 2. The maximum absolute atomic E-state index is 13.5. The van der Waals surface area contributed by atoms with Crippen molar-refractivity contribution in [2.24, 2.45) is 5.92 Å². The zero-order chi connectivity index (χ0) is 20.9. The minimum atomic E-state index is -0.0838. The first-order valence-corrected chi connectivity index (χ1v) is 11.7. The molecule has 1 aliphatic heterocycles. The lowest BCUT2D eigenvalue weighted by Crippen LogP contribution is -2.44. The van der Waals surface area contributed by atoms with Crippen LogP contribution < -0.4 is 9.64 Å². The average molecular weight is 441 g/mol. The van der Waals surface area contributed by atoms with Crippen molar-refractivity contribution in [2.45, 2.75) is 19.4 Å². The number of thiophene rings is 2. The molecule has 0 N–H and O–H groups in total. The van der Waals surface area contributed by atoms with Gasteiger partial charge in [-0.3, -0.25) is 9.59 Å². The van der Waals surface area contributed by atoms with E-state index in [9.17, 15) is 9.59 Å². The van der Waals surface area contributed by atoms with Gasteiger partial charge in [0.15, 0.2) is 0 Å². The predicted octanol–water partition coefficient (Wildman–Crippen LogP) is 4.90. The average Bonchev–Trinajstić information content (AvgIpc) is 3.51. The smallest absolute Gasteiger partial charge is 0.263 e. The first-order valence-electron chi connectivity index (χ1n) is 9.96. The number of methoxy groups -OCH3 is 1. The summed E-state index contributed by atoms with van der Waals surface area (Å²) < 4.78 is 5.26. The molecule has 5 nitrogen and oxygen atoms in total. The molecule has 30 heavy (non-hydrogen) atoms. The number of benzene rings is 1. The maximum atomic E-state index is 13.5. The Balaban J connectivity index is 1.47. The molecule has 0 saturated carbocycles. The number of carbonyl (C=O) groups is 2. The molecule has 0 spiro atoms. The fourth-order valence-electron chi connectivity index (χ4n) is 3.72. The minimum Gasteiger partial charge on any atom is -0.497 e. The number of likely N-dealkylation sites (tertiary alicyclic amines) is 1. The van der Waals surface area contributed by atoms with Crippen LogP contribution in [-0.4, -0.2) is 36.9 Å². The quantitative estimate of drug-likeness (QED) is 0.548. The molecule has 0 unspecified atom stereocenters. The molecule has 0 bridgehead atoms. The van der Waals surface area contributed by atoms with E-state index in [1.807, 2.05) is 63.0 Å². The Morgan fingerprint density at radius 1 is 1.03 bits per heavy atom. The Morgan fingerprint density at radius 3 is 2.33 bits per heavy atom. The van der Waals surface area contributed by atoms with Crippen molar-refractivity contribution in [1.29, 1.82) is 0 Å². The molecule has 2 aromatic heterocycles. The van der Waals surface area contributed by atoms with Gasteiger partial charge in [0.1, 0.15) is 5.75 Å². The lowest BCUT2D eigenvalue weighted by molar-refractivity contribution is -0.123. The van der Waals surface area contributed by atoms with Crippen LogP contribution in [0, 0.1) is 5.92 Å². The third kappa shape index (κ3) is 4.57. The monoisotopic (exact) mass is 440 g/mol. The molecule has 1 aliphatic rings. The number of rotatable bonds is 6. The summed E-state index contributed by atoms with van der Waals surface area (Å²) in [6.45, 7) is 1.78. The van der Waals surface area contributed by atoms with Gasteiger partial charge >= 0.3 is 0 Å². The summed E-state index contributed by atoms with van der Waals surface area (Å²) in [5.74, 6) is 0.875. The van der Waals surface area contributed by atoms with Crippen LogP contribution in [0.15, 0.2) is 59.3 Å². The van der Waals surface area contributed by atoms with Crippen molar-refractivity contribution >= 4 is 40.2 Å². The number of hydrogen-bond acceptors (Lipinski definition) is 5. The molecule has 4 rings (SSSR count). The Morgan fingerprint density at radius 2 is 1.73 bits per heavy atom. The second kappa shape index (κ2) is 9.45. The number of nitrogens with zero attached hydrogens (tertiary/aromatic N) is 2. The van der Waals surface area contributed by atoms with E-state index in [-0.39, 0.29) is 17.7 Å². The maximum Gasteiger partial charge on any atom is 0.263 e. The Kier molecular flexibility index (Phi) is 6.50. The Hall–Kier alpha value is -2.64. The first-order chi connectivity index (χ1) is 14.7. The fourth-order valence-corrected chi connectivity index (χ4v) is 5.11. The van der Waals surface area contributed by atoms with E-state index in [1.54, 1.807) is 18.4 Å². The third-order valence-electron chi connectivity index (χ3n) is 5.41. The van der Waals surface area contributed by atoms with Crippen LogP contribution in [0.2, 0.25) is 0 Å². The first kappa shape index (κ1) is 20.6. The van der Waals surface area contributed by atoms with Gasteiger partial charge < -0.3 is 14.5 Å². The molecule has 156 valence electrons. The van der Waals surface area contributed by atoms with Crippen molar-refractivity contribution in [2.75, 3.05) is 25.1 Å². The molecule has 7 heteroatoms. The van der Waals surface area contributed by atoms with Crippen molar-refractivity contribution in [1.82, 2.24) is 4.90 Å². The highest BCUT2D eigenvalue weighted by Gasteiger charge is 2.31. The number of ether oxygens (including phenoxy) is 1. The molecule has 2 amide bonds. The normalized spacial score (nSPS) is 14.5. The third-order valence-corrected chi connectivity index (χ3v) is 7.13. The Bertz CT molecular complexity index is 961. The summed E-state index contributed by atoms with van der Waals surface area (Å²) >= 11 is 3.11. The molecule has 0 radical (unpaired) electrons. The van der Waals surface area contributed by atoms with Gasteiger partial charge in [0.05, 0.1) is 18.5 Å². The van der Waals surface area contributed by atoms with Crippen LogP contribution in [0.1, 0.15) is 27.4 Å². The SMILES string of the molecule is COc1ccc(N(Cc2cccs2)C(=O)C2CCN(C(=O)c3cccs3)CC2)cc1. The molecule has 3 aromatic rings. The highest BCUT2D eigenvalue weighted by Crippen LogP contribution is 2.28. The van der Waals surface area contributed by atoms with E-state index in [1.165, 1.54) is 11.3 Å². The van der Waals surface area contributed by atoms with E-state index >= 15 is 0 Å². The minimum absolute atomic E-state index is 0.0708. The van der Waals surface area contributed by atoms with Crippen molar-refractivity contribution < 1.29 is 14.3 Å². The number of carbonyl (C=O) groups excluding carboxylic acids is 2. The van der Waals surface area contributed by atoms with Gasteiger partial charge in [0.2, 0.25) is 5.91 Å². The van der Waals surface area contributed by atoms with E-state index in [0.717, 1.165) is 21.2 Å². The second-order valence-corrected chi connectivity index (χ2v) is 9.23. The lowest BCUT2D eigenvalue weighted by Gasteiger charge is -2.34. The van der Waals surface area contributed by atoms with Gasteiger partial charge in [0, 0.05) is 29.6 Å². The van der Waals surface area contributed by atoms with Gasteiger partial charge in [-0.15, -0.1) is 22.7 Å². The molecule has 1 fully saturated rings. The van der Waals surface area contributed by atoms with Crippen LogP contribution in [0.3, 0.4) is 0 Å². The number of hydrogen-bond donors (Lipinski definition) is 0. The van der Waals surface area contributed by atoms with Crippen molar-refractivity contribution in [3.05, 3.63) is 69.0 Å². The highest BCUT2D eigenvalue weighted by molar-refractivity contribution is 7.12. The largest absolute Gasteiger partial charge is 0.497 e. The molecule has 0 aliphatic carbocycles. The Labute approximate surface area is 184 Å². The number of piperidine rings is 1. The van der Waals surface area contributed by atoms with E-state index in [2.05, 4.69) is 6.07 Å². The van der Waals surface area contributed by atoms with E-state index < -0.39 is 0 Å². The van der Waals surface area contributed by atoms with Crippen molar-refractivity contribution in [3.8, 4) is 5.75 Å². The topological polar surface area (TPSA) is 49.9 Å².